The fourth-order valence-corrected chi connectivity index (χ4v) is 3.96. The molecule has 0 saturated carbocycles. The third-order valence-electron chi connectivity index (χ3n) is 5.55. The van der Waals surface area contributed by atoms with Crippen molar-refractivity contribution in [3.63, 3.8) is 0 Å². The van der Waals surface area contributed by atoms with Gasteiger partial charge in [0, 0.05) is 30.1 Å². The Morgan fingerprint density at radius 2 is 2.12 bits per heavy atom. The number of ether oxygens (including phenoxy) is 1. The van der Waals surface area contributed by atoms with Crippen LogP contribution >= 0.6 is 11.6 Å². The van der Waals surface area contributed by atoms with Gasteiger partial charge in [-0.2, -0.15) is 5.10 Å². The first-order chi connectivity index (χ1) is 16.4. The molecule has 1 fully saturated rings. The minimum atomic E-state index is -0.589. The molecule has 4 rings (SSSR count). The molecule has 0 aliphatic carbocycles. The summed E-state index contributed by atoms with van der Waals surface area (Å²) in [6, 6.07) is 10.7. The van der Waals surface area contributed by atoms with Crippen LogP contribution in [0.15, 0.2) is 48.7 Å². The van der Waals surface area contributed by atoms with Crippen LogP contribution in [0.1, 0.15) is 23.2 Å². The molecule has 1 saturated heterocycles. The molecule has 0 bridgehead atoms. The second kappa shape index (κ2) is 10.7. The number of carbonyl (C=O) groups is 2. The summed E-state index contributed by atoms with van der Waals surface area (Å²) >= 11 is 5.80. The van der Waals surface area contributed by atoms with Gasteiger partial charge in [0.2, 0.25) is 5.91 Å². The minimum absolute atomic E-state index is 0.0214. The van der Waals surface area contributed by atoms with Crippen molar-refractivity contribution in [2.75, 3.05) is 25.0 Å². The highest BCUT2D eigenvalue weighted by Crippen LogP contribution is 2.32. The molecule has 10 heteroatoms. The van der Waals surface area contributed by atoms with E-state index in [0.29, 0.717) is 18.0 Å². The molecule has 2 heterocycles. The third-order valence-corrected chi connectivity index (χ3v) is 5.84. The number of hydrogen-bond donors (Lipinski definition) is 3. The Balaban J connectivity index is 1.46. The van der Waals surface area contributed by atoms with Crippen molar-refractivity contribution in [3.8, 4) is 17.0 Å². The lowest BCUT2D eigenvalue weighted by Gasteiger charge is -2.15. The van der Waals surface area contributed by atoms with Crippen LogP contribution < -0.4 is 20.7 Å². The summed E-state index contributed by atoms with van der Waals surface area (Å²) in [7, 11) is 1.81. The third kappa shape index (κ3) is 5.55. The number of halogens is 2. The number of aryl methyl sites for hydroxylation is 1. The molecule has 1 aliphatic heterocycles. The van der Waals surface area contributed by atoms with Crippen molar-refractivity contribution in [2.24, 2.45) is 7.05 Å². The molecule has 0 unspecified atom stereocenters. The fourth-order valence-electron chi connectivity index (χ4n) is 3.78. The van der Waals surface area contributed by atoms with Gasteiger partial charge in [0.05, 0.1) is 23.3 Å². The van der Waals surface area contributed by atoms with Gasteiger partial charge in [-0.3, -0.25) is 14.3 Å². The highest BCUT2D eigenvalue weighted by molar-refractivity contribution is 6.31. The number of anilines is 1. The summed E-state index contributed by atoms with van der Waals surface area (Å²) in [6.07, 6.45) is 3.51. The second-order valence-electron chi connectivity index (χ2n) is 7.92. The first-order valence-electron chi connectivity index (χ1n) is 10.9. The van der Waals surface area contributed by atoms with Crippen molar-refractivity contribution in [2.45, 2.75) is 18.9 Å². The average Bonchev–Trinajstić information content (AvgIpc) is 3.51. The van der Waals surface area contributed by atoms with Crippen LogP contribution in [0, 0.1) is 5.82 Å². The van der Waals surface area contributed by atoms with Gasteiger partial charge in [0.1, 0.15) is 18.2 Å². The van der Waals surface area contributed by atoms with Crippen molar-refractivity contribution in [3.05, 3.63) is 65.1 Å². The molecule has 1 aliphatic rings. The van der Waals surface area contributed by atoms with Crippen LogP contribution in [0.3, 0.4) is 0 Å². The maximum atomic E-state index is 13.4. The predicted octanol–water partition coefficient (Wildman–Crippen LogP) is 3.38. The van der Waals surface area contributed by atoms with E-state index in [1.165, 1.54) is 12.1 Å². The normalized spacial score (nSPS) is 15.2. The van der Waals surface area contributed by atoms with Crippen molar-refractivity contribution >= 4 is 29.1 Å². The summed E-state index contributed by atoms with van der Waals surface area (Å²) in [5, 5.41) is 12.9. The van der Waals surface area contributed by atoms with E-state index in [1.807, 2.05) is 6.07 Å². The van der Waals surface area contributed by atoms with Gasteiger partial charge in [-0.05, 0) is 61.9 Å². The van der Waals surface area contributed by atoms with E-state index in [2.05, 4.69) is 21.0 Å². The van der Waals surface area contributed by atoms with Crippen LogP contribution in [-0.2, 0) is 11.8 Å². The standard InChI is InChI=1S/C24H25ClFN5O3/c1-31-21(8-10-29-31)17-14-16(30-23(32)15-4-6-19(26)18(25)13-15)5-7-22(17)34-12-11-28-24(33)20-3-2-9-27-20/h4-8,10,13-14,20,27H,2-3,9,11-12H2,1H3,(H,28,33)(H,30,32)/t20-/m1/s1. The Morgan fingerprint density at radius 1 is 1.26 bits per heavy atom. The zero-order chi connectivity index (χ0) is 24.1. The molecule has 0 spiro atoms. The van der Waals surface area contributed by atoms with Gasteiger partial charge in [-0.25, -0.2) is 4.39 Å². The lowest BCUT2D eigenvalue weighted by Crippen LogP contribution is -2.41. The average molecular weight is 486 g/mol. The number of nitrogens with zero attached hydrogens (tertiary/aromatic N) is 2. The zero-order valence-corrected chi connectivity index (χ0v) is 19.4. The number of amides is 2. The monoisotopic (exact) mass is 485 g/mol. The van der Waals surface area contributed by atoms with E-state index in [1.54, 1.807) is 36.1 Å². The van der Waals surface area contributed by atoms with Crippen molar-refractivity contribution in [1.29, 1.82) is 0 Å². The zero-order valence-electron chi connectivity index (χ0n) is 18.6. The van der Waals surface area contributed by atoms with E-state index in [9.17, 15) is 14.0 Å². The first kappa shape index (κ1) is 23.7. The van der Waals surface area contributed by atoms with E-state index in [4.69, 9.17) is 16.3 Å². The van der Waals surface area contributed by atoms with Gasteiger partial charge >= 0.3 is 0 Å². The summed E-state index contributed by atoms with van der Waals surface area (Å²) < 4.78 is 21.1. The number of hydrogen-bond acceptors (Lipinski definition) is 5. The minimum Gasteiger partial charge on any atom is -0.491 e. The van der Waals surface area contributed by atoms with E-state index in [0.717, 1.165) is 36.7 Å². The highest BCUT2D eigenvalue weighted by atomic mass is 35.5. The second-order valence-corrected chi connectivity index (χ2v) is 8.33. The van der Waals surface area contributed by atoms with Gasteiger partial charge in [0.15, 0.2) is 0 Å². The Labute approximate surface area is 201 Å². The molecule has 1 aromatic heterocycles. The molecule has 178 valence electrons. The Kier molecular flexibility index (Phi) is 7.44. The molecule has 3 aromatic rings. The molecule has 0 radical (unpaired) electrons. The number of nitrogens with one attached hydrogen (secondary N) is 3. The predicted molar refractivity (Wildman–Crippen MR) is 128 cm³/mol. The molecule has 2 amide bonds. The van der Waals surface area contributed by atoms with E-state index < -0.39 is 11.7 Å². The smallest absolute Gasteiger partial charge is 0.255 e. The van der Waals surface area contributed by atoms with Crippen LogP contribution in [0.4, 0.5) is 10.1 Å². The maximum Gasteiger partial charge on any atom is 0.255 e. The fraction of sp³-hybridized carbons (Fsp3) is 0.292. The molecular weight excluding hydrogens is 461 g/mol. The molecule has 1 atom stereocenters. The number of aromatic nitrogens is 2. The van der Waals surface area contributed by atoms with Crippen molar-refractivity contribution < 1.29 is 18.7 Å². The van der Waals surface area contributed by atoms with Crippen LogP contribution in [0.5, 0.6) is 5.75 Å². The summed E-state index contributed by atoms with van der Waals surface area (Å²) in [5.41, 5.74) is 2.27. The molecule has 3 N–H and O–H groups in total. The summed E-state index contributed by atoms with van der Waals surface area (Å²) in [4.78, 5) is 24.8. The quantitative estimate of drug-likeness (QED) is 0.425. The number of carbonyl (C=O) groups excluding carboxylic acids is 2. The lowest BCUT2D eigenvalue weighted by atomic mass is 10.1. The van der Waals surface area contributed by atoms with Gasteiger partial charge in [-0.1, -0.05) is 11.6 Å². The van der Waals surface area contributed by atoms with Gasteiger partial charge in [0.25, 0.3) is 5.91 Å². The molecule has 34 heavy (non-hydrogen) atoms. The van der Waals surface area contributed by atoms with Gasteiger partial charge < -0.3 is 20.7 Å². The maximum absolute atomic E-state index is 13.4. The van der Waals surface area contributed by atoms with E-state index >= 15 is 0 Å². The Morgan fingerprint density at radius 3 is 2.82 bits per heavy atom. The summed E-state index contributed by atoms with van der Waals surface area (Å²) in [5.74, 6) is -0.449. The topological polar surface area (TPSA) is 97.3 Å². The Hall–Kier alpha value is -3.43. The summed E-state index contributed by atoms with van der Waals surface area (Å²) in [6.45, 7) is 1.51. The SMILES string of the molecule is Cn1nccc1-c1cc(NC(=O)c2ccc(F)c(Cl)c2)ccc1OCCNC(=O)[C@H]1CCCN1. The molecule has 2 aromatic carbocycles. The van der Waals surface area contributed by atoms with Crippen LogP contribution in [-0.4, -0.2) is 47.3 Å². The van der Waals surface area contributed by atoms with Crippen LogP contribution in [0.25, 0.3) is 11.3 Å². The Bertz CT molecular complexity index is 1190. The highest BCUT2D eigenvalue weighted by Gasteiger charge is 2.21. The largest absolute Gasteiger partial charge is 0.491 e. The molecule has 8 nitrogen and oxygen atoms in total. The lowest BCUT2D eigenvalue weighted by molar-refractivity contribution is -0.122. The number of rotatable bonds is 8. The number of benzene rings is 2. The first-order valence-corrected chi connectivity index (χ1v) is 11.3. The van der Waals surface area contributed by atoms with Crippen LogP contribution in [0.2, 0.25) is 5.02 Å². The van der Waals surface area contributed by atoms with Crippen molar-refractivity contribution in [1.82, 2.24) is 20.4 Å². The van der Waals surface area contributed by atoms with E-state index in [-0.39, 0.29) is 29.1 Å². The van der Waals surface area contributed by atoms with Gasteiger partial charge in [-0.15, -0.1) is 0 Å². The molecular formula is C24H25ClFN5O3.